The number of aliphatic imine (C=N–C) groups is 1. The summed E-state index contributed by atoms with van der Waals surface area (Å²) in [5.74, 6) is 1.91. The van der Waals surface area contributed by atoms with E-state index in [1.54, 1.807) is 0 Å². The van der Waals surface area contributed by atoms with E-state index < -0.39 is 0 Å². The van der Waals surface area contributed by atoms with Crippen LogP contribution in [0.5, 0.6) is 11.5 Å². The van der Waals surface area contributed by atoms with Crippen LogP contribution in [0, 0.1) is 0 Å². The fourth-order valence-corrected chi connectivity index (χ4v) is 3.55. The van der Waals surface area contributed by atoms with Gasteiger partial charge in [-0.05, 0) is 55.5 Å². The van der Waals surface area contributed by atoms with Gasteiger partial charge >= 0.3 is 0 Å². The van der Waals surface area contributed by atoms with Gasteiger partial charge < -0.3 is 15.8 Å². The first-order chi connectivity index (χ1) is 13.7. The normalized spacial score (nSPS) is 13.8. The van der Waals surface area contributed by atoms with Crippen LogP contribution in [-0.2, 0) is 26.4 Å². The Morgan fingerprint density at radius 2 is 1.89 bits per heavy atom. The lowest BCUT2D eigenvalue weighted by atomic mass is 9.96. The van der Waals surface area contributed by atoms with Crippen LogP contribution in [0.2, 0.25) is 0 Å². The van der Waals surface area contributed by atoms with Gasteiger partial charge in [-0.25, -0.2) is 4.99 Å². The van der Waals surface area contributed by atoms with Crippen LogP contribution < -0.4 is 15.8 Å². The van der Waals surface area contributed by atoms with E-state index in [-0.39, 0.29) is 0 Å². The second kappa shape index (κ2) is 8.17. The Morgan fingerprint density at radius 1 is 1.11 bits per heavy atom. The summed E-state index contributed by atoms with van der Waals surface area (Å²) in [7, 11) is 1.98. The number of nitrogens with one attached hydrogen (secondary N) is 1. The Kier molecular flexibility index (Phi) is 5.28. The summed E-state index contributed by atoms with van der Waals surface area (Å²) in [6.07, 6.45) is 4.59. The van der Waals surface area contributed by atoms with Crippen molar-refractivity contribution in [3.63, 3.8) is 0 Å². The van der Waals surface area contributed by atoms with Crippen LogP contribution in [0.25, 0.3) is 0 Å². The van der Waals surface area contributed by atoms with Crippen molar-refractivity contribution in [2.24, 2.45) is 17.8 Å². The Balaban J connectivity index is 1.43. The number of benzene rings is 2. The van der Waals surface area contributed by atoms with Crippen molar-refractivity contribution >= 4 is 11.6 Å². The number of anilines is 1. The number of aromatic nitrogens is 2. The molecule has 6 heteroatoms. The molecule has 3 aromatic rings. The molecule has 6 nitrogen and oxygen atoms in total. The number of fused-ring (bicyclic) bond motifs is 1. The molecular formula is C22H25N5O. The lowest BCUT2D eigenvalue weighted by Crippen LogP contribution is -2.22. The highest BCUT2D eigenvalue weighted by molar-refractivity contribution is 5.92. The number of guanidine groups is 1. The van der Waals surface area contributed by atoms with E-state index >= 15 is 0 Å². The zero-order chi connectivity index (χ0) is 19.3. The quantitative estimate of drug-likeness (QED) is 0.522. The maximum atomic E-state index is 6.12. The molecule has 1 aliphatic rings. The number of para-hydroxylation sites is 1. The standard InChI is InChI=1S/C22H25N5O/c1-27-21(19-12-5-6-13-20(19)26-27)15-24-22(23)25-16-8-7-11-18(14-16)28-17-9-3-2-4-10-17/h2-4,7-11,14H,5-6,12-13,15H2,1H3,(H3,23,24,25). The predicted molar refractivity (Wildman–Crippen MR) is 112 cm³/mol. The first kappa shape index (κ1) is 18.1. The average Bonchev–Trinajstić information content (AvgIpc) is 3.02. The summed E-state index contributed by atoms with van der Waals surface area (Å²) in [5.41, 5.74) is 10.7. The molecule has 4 rings (SSSR count). The van der Waals surface area contributed by atoms with E-state index in [1.165, 1.54) is 24.1 Å². The zero-order valence-electron chi connectivity index (χ0n) is 16.1. The highest BCUT2D eigenvalue weighted by Gasteiger charge is 2.18. The average molecular weight is 375 g/mol. The minimum atomic E-state index is 0.377. The Morgan fingerprint density at radius 3 is 2.75 bits per heavy atom. The van der Waals surface area contributed by atoms with Gasteiger partial charge in [0.2, 0.25) is 0 Å². The van der Waals surface area contributed by atoms with Crippen LogP contribution >= 0.6 is 0 Å². The minimum absolute atomic E-state index is 0.377. The number of rotatable bonds is 5. The molecule has 28 heavy (non-hydrogen) atoms. The van der Waals surface area contributed by atoms with Crippen molar-refractivity contribution < 1.29 is 4.74 Å². The SMILES string of the molecule is Cn1nc2c(c1CN=C(N)Nc1cccc(Oc3ccccc3)c1)CCCC2. The number of ether oxygens (including phenoxy) is 1. The maximum Gasteiger partial charge on any atom is 0.193 e. The Hall–Kier alpha value is -3.28. The summed E-state index contributed by atoms with van der Waals surface area (Å²) >= 11 is 0. The molecule has 1 heterocycles. The molecule has 0 radical (unpaired) electrons. The summed E-state index contributed by atoms with van der Waals surface area (Å²) < 4.78 is 7.81. The van der Waals surface area contributed by atoms with E-state index in [4.69, 9.17) is 10.5 Å². The van der Waals surface area contributed by atoms with Gasteiger partial charge in [0.25, 0.3) is 0 Å². The number of aryl methyl sites for hydroxylation is 2. The van der Waals surface area contributed by atoms with Crippen LogP contribution in [0.4, 0.5) is 5.69 Å². The number of hydrogen-bond acceptors (Lipinski definition) is 3. The molecule has 2 aromatic carbocycles. The summed E-state index contributed by atoms with van der Waals surface area (Å²) in [5, 5.41) is 7.78. The smallest absolute Gasteiger partial charge is 0.193 e. The van der Waals surface area contributed by atoms with Crippen molar-refractivity contribution in [1.82, 2.24) is 9.78 Å². The molecule has 0 fully saturated rings. The van der Waals surface area contributed by atoms with E-state index in [2.05, 4.69) is 15.4 Å². The van der Waals surface area contributed by atoms with Crippen molar-refractivity contribution in [3.8, 4) is 11.5 Å². The molecule has 3 N–H and O–H groups in total. The van der Waals surface area contributed by atoms with Crippen LogP contribution in [0.3, 0.4) is 0 Å². The van der Waals surface area contributed by atoms with Gasteiger partial charge in [0, 0.05) is 18.8 Å². The van der Waals surface area contributed by atoms with Gasteiger partial charge in [0.15, 0.2) is 5.96 Å². The van der Waals surface area contributed by atoms with Gasteiger partial charge in [-0.2, -0.15) is 5.10 Å². The molecule has 0 unspecified atom stereocenters. The fraction of sp³-hybridized carbons (Fsp3) is 0.273. The second-order valence-corrected chi connectivity index (χ2v) is 6.97. The highest BCUT2D eigenvalue weighted by atomic mass is 16.5. The van der Waals surface area contributed by atoms with E-state index in [0.29, 0.717) is 12.5 Å². The van der Waals surface area contributed by atoms with Crippen LogP contribution in [0.1, 0.15) is 29.8 Å². The number of nitrogens with two attached hydrogens (primary N) is 1. The van der Waals surface area contributed by atoms with Gasteiger partial charge in [-0.15, -0.1) is 0 Å². The maximum absolute atomic E-state index is 6.12. The summed E-state index contributed by atoms with van der Waals surface area (Å²) in [6, 6.07) is 17.4. The fourth-order valence-electron chi connectivity index (χ4n) is 3.55. The first-order valence-corrected chi connectivity index (χ1v) is 9.62. The van der Waals surface area contributed by atoms with Crippen LogP contribution in [-0.4, -0.2) is 15.7 Å². The molecule has 0 atom stereocenters. The van der Waals surface area contributed by atoms with Crippen molar-refractivity contribution in [2.45, 2.75) is 32.2 Å². The Bertz CT molecular complexity index is 978. The predicted octanol–water partition coefficient (Wildman–Crippen LogP) is 4.02. The van der Waals surface area contributed by atoms with E-state index in [9.17, 15) is 0 Å². The van der Waals surface area contributed by atoms with Gasteiger partial charge in [0.05, 0.1) is 17.9 Å². The van der Waals surface area contributed by atoms with Crippen molar-refractivity contribution in [3.05, 3.63) is 71.5 Å². The van der Waals surface area contributed by atoms with Crippen molar-refractivity contribution in [1.29, 1.82) is 0 Å². The van der Waals surface area contributed by atoms with Crippen LogP contribution in [0.15, 0.2) is 59.6 Å². The van der Waals surface area contributed by atoms with E-state index in [1.807, 2.05) is 66.3 Å². The van der Waals surface area contributed by atoms with Gasteiger partial charge in [-0.3, -0.25) is 4.68 Å². The minimum Gasteiger partial charge on any atom is -0.457 e. The molecule has 0 spiro atoms. The molecule has 0 amide bonds. The Labute approximate surface area is 165 Å². The lowest BCUT2D eigenvalue weighted by molar-refractivity contribution is 0.483. The third-order valence-electron chi connectivity index (χ3n) is 4.93. The second-order valence-electron chi connectivity index (χ2n) is 6.97. The molecular weight excluding hydrogens is 350 g/mol. The third kappa shape index (κ3) is 4.17. The lowest BCUT2D eigenvalue weighted by Gasteiger charge is -2.11. The highest BCUT2D eigenvalue weighted by Crippen LogP contribution is 2.25. The monoisotopic (exact) mass is 375 g/mol. The molecule has 0 saturated heterocycles. The van der Waals surface area contributed by atoms with Crippen molar-refractivity contribution in [2.75, 3.05) is 5.32 Å². The number of hydrogen-bond donors (Lipinski definition) is 2. The third-order valence-corrected chi connectivity index (χ3v) is 4.93. The first-order valence-electron chi connectivity index (χ1n) is 9.62. The molecule has 1 aromatic heterocycles. The molecule has 0 bridgehead atoms. The van der Waals surface area contributed by atoms with Gasteiger partial charge in [0.1, 0.15) is 11.5 Å². The molecule has 1 aliphatic carbocycles. The molecule has 144 valence electrons. The summed E-state index contributed by atoms with van der Waals surface area (Å²) in [6.45, 7) is 0.526. The number of nitrogens with zero attached hydrogens (tertiary/aromatic N) is 3. The van der Waals surface area contributed by atoms with E-state index in [0.717, 1.165) is 35.7 Å². The topological polar surface area (TPSA) is 77.5 Å². The molecule has 0 aliphatic heterocycles. The largest absolute Gasteiger partial charge is 0.457 e. The zero-order valence-corrected chi connectivity index (χ0v) is 16.1. The summed E-state index contributed by atoms with van der Waals surface area (Å²) in [4.78, 5) is 4.53. The van der Waals surface area contributed by atoms with Gasteiger partial charge in [-0.1, -0.05) is 24.3 Å². The molecule has 0 saturated carbocycles.